The van der Waals surface area contributed by atoms with Crippen LogP contribution in [0.3, 0.4) is 0 Å². The molecule has 0 aromatic heterocycles. The molecule has 0 fully saturated rings. The van der Waals surface area contributed by atoms with Gasteiger partial charge in [-0.15, -0.1) is 0 Å². The Hall–Kier alpha value is -3.11. The first kappa shape index (κ1) is 19.6. The van der Waals surface area contributed by atoms with Gasteiger partial charge in [-0.25, -0.2) is 0 Å². The molecule has 2 amide bonds. The number of amides is 2. The molecule has 28 heavy (non-hydrogen) atoms. The van der Waals surface area contributed by atoms with Gasteiger partial charge in [0.1, 0.15) is 0 Å². The summed E-state index contributed by atoms with van der Waals surface area (Å²) < 4.78 is 0. The second-order valence-electron chi connectivity index (χ2n) is 6.54. The third kappa shape index (κ3) is 5.44. The summed E-state index contributed by atoms with van der Waals surface area (Å²) in [5, 5.41) is 6.52. The number of carbonyl (C=O) groups is 2. The standard InChI is InChI=1S/C23H21ClN2O2/c1-16(25-22(27)14-17-10-12-20(24)13-11-17)19-8-5-9-21(15-19)26-23(28)18-6-3-2-4-7-18/h2-13,15-16H,14H2,1H3,(H,25,27)(H,26,28). The zero-order chi connectivity index (χ0) is 19.9. The largest absolute Gasteiger partial charge is 0.349 e. The van der Waals surface area contributed by atoms with Crippen molar-refractivity contribution in [3.8, 4) is 0 Å². The SMILES string of the molecule is CC(NC(=O)Cc1ccc(Cl)cc1)c1cccc(NC(=O)c2ccccc2)c1. The van der Waals surface area contributed by atoms with E-state index in [1.54, 1.807) is 24.3 Å². The summed E-state index contributed by atoms with van der Waals surface area (Å²) >= 11 is 5.87. The molecule has 0 aliphatic carbocycles. The number of anilines is 1. The molecule has 2 N–H and O–H groups in total. The minimum Gasteiger partial charge on any atom is -0.349 e. The summed E-state index contributed by atoms with van der Waals surface area (Å²) in [5.41, 5.74) is 3.09. The lowest BCUT2D eigenvalue weighted by molar-refractivity contribution is -0.121. The molecule has 0 bridgehead atoms. The van der Waals surface area contributed by atoms with Crippen molar-refractivity contribution in [3.05, 3.63) is 101 Å². The first-order chi connectivity index (χ1) is 13.5. The van der Waals surface area contributed by atoms with Crippen LogP contribution in [0.2, 0.25) is 5.02 Å². The average Bonchev–Trinajstić information content (AvgIpc) is 2.70. The van der Waals surface area contributed by atoms with Gasteiger partial charge >= 0.3 is 0 Å². The molecule has 1 unspecified atom stereocenters. The monoisotopic (exact) mass is 392 g/mol. The second kappa shape index (κ2) is 9.20. The number of hydrogen-bond donors (Lipinski definition) is 2. The predicted molar refractivity (Wildman–Crippen MR) is 113 cm³/mol. The van der Waals surface area contributed by atoms with Crippen molar-refractivity contribution >= 4 is 29.1 Å². The number of hydrogen-bond acceptors (Lipinski definition) is 2. The maximum atomic E-state index is 12.3. The van der Waals surface area contributed by atoms with Crippen LogP contribution in [0, 0.1) is 0 Å². The van der Waals surface area contributed by atoms with Gasteiger partial charge in [-0.2, -0.15) is 0 Å². The summed E-state index contributed by atoms with van der Waals surface area (Å²) in [4.78, 5) is 24.6. The molecule has 3 aromatic carbocycles. The fourth-order valence-electron chi connectivity index (χ4n) is 2.84. The predicted octanol–water partition coefficient (Wildman–Crippen LogP) is 5.01. The molecule has 142 valence electrons. The van der Waals surface area contributed by atoms with E-state index in [0.29, 0.717) is 16.3 Å². The van der Waals surface area contributed by atoms with Crippen LogP contribution in [-0.2, 0) is 11.2 Å². The zero-order valence-electron chi connectivity index (χ0n) is 15.5. The van der Waals surface area contributed by atoms with E-state index in [0.717, 1.165) is 11.1 Å². The Morgan fingerprint density at radius 2 is 1.64 bits per heavy atom. The molecular weight excluding hydrogens is 372 g/mol. The van der Waals surface area contributed by atoms with Gasteiger partial charge in [-0.05, 0) is 54.4 Å². The van der Waals surface area contributed by atoms with Crippen LogP contribution >= 0.6 is 11.6 Å². The Balaban J connectivity index is 1.61. The van der Waals surface area contributed by atoms with E-state index in [9.17, 15) is 9.59 Å². The van der Waals surface area contributed by atoms with E-state index in [-0.39, 0.29) is 24.3 Å². The molecule has 0 aliphatic rings. The number of nitrogens with one attached hydrogen (secondary N) is 2. The molecular formula is C23H21ClN2O2. The first-order valence-electron chi connectivity index (χ1n) is 9.01. The van der Waals surface area contributed by atoms with Gasteiger partial charge in [-0.1, -0.05) is 54.1 Å². The van der Waals surface area contributed by atoms with Gasteiger partial charge in [0.05, 0.1) is 12.5 Å². The van der Waals surface area contributed by atoms with Gasteiger partial charge in [0.25, 0.3) is 5.91 Å². The maximum Gasteiger partial charge on any atom is 0.255 e. The fourth-order valence-corrected chi connectivity index (χ4v) is 2.97. The molecule has 0 saturated carbocycles. The van der Waals surface area contributed by atoms with Crippen molar-refractivity contribution in [2.75, 3.05) is 5.32 Å². The van der Waals surface area contributed by atoms with Gasteiger partial charge in [-0.3, -0.25) is 9.59 Å². The van der Waals surface area contributed by atoms with Crippen LogP contribution in [-0.4, -0.2) is 11.8 Å². The van der Waals surface area contributed by atoms with E-state index in [1.165, 1.54) is 0 Å². The van der Waals surface area contributed by atoms with Crippen molar-refractivity contribution in [2.24, 2.45) is 0 Å². The van der Waals surface area contributed by atoms with Crippen molar-refractivity contribution in [2.45, 2.75) is 19.4 Å². The minimum absolute atomic E-state index is 0.0754. The Morgan fingerprint density at radius 1 is 0.929 bits per heavy atom. The zero-order valence-corrected chi connectivity index (χ0v) is 16.2. The minimum atomic E-state index is -0.187. The summed E-state index contributed by atoms with van der Waals surface area (Å²) in [6, 6.07) is 23.5. The second-order valence-corrected chi connectivity index (χ2v) is 6.97. The summed E-state index contributed by atoms with van der Waals surface area (Å²) in [5.74, 6) is -0.245. The van der Waals surface area contributed by atoms with E-state index in [2.05, 4.69) is 10.6 Å². The number of halogens is 1. The highest BCUT2D eigenvalue weighted by molar-refractivity contribution is 6.30. The molecule has 3 rings (SSSR count). The van der Waals surface area contributed by atoms with E-state index in [1.807, 2.05) is 61.5 Å². The van der Waals surface area contributed by atoms with E-state index < -0.39 is 0 Å². The highest BCUT2D eigenvalue weighted by Crippen LogP contribution is 2.19. The fraction of sp³-hybridized carbons (Fsp3) is 0.130. The molecule has 0 spiro atoms. The summed E-state index contributed by atoms with van der Waals surface area (Å²) in [7, 11) is 0. The molecule has 5 heteroatoms. The number of benzene rings is 3. The molecule has 1 atom stereocenters. The van der Waals surface area contributed by atoms with Crippen LogP contribution in [0.5, 0.6) is 0 Å². The third-order valence-electron chi connectivity index (χ3n) is 4.34. The first-order valence-corrected chi connectivity index (χ1v) is 9.39. The van der Waals surface area contributed by atoms with Crippen LogP contribution in [0.25, 0.3) is 0 Å². The lowest BCUT2D eigenvalue weighted by Crippen LogP contribution is -2.28. The Labute approximate surface area is 169 Å². The molecule has 0 heterocycles. The summed E-state index contributed by atoms with van der Waals surface area (Å²) in [6.07, 6.45) is 0.284. The molecule has 3 aromatic rings. The normalized spacial score (nSPS) is 11.5. The number of carbonyl (C=O) groups excluding carboxylic acids is 2. The van der Waals surface area contributed by atoms with Crippen molar-refractivity contribution in [1.29, 1.82) is 0 Å². The highest BCUT2D eigenvalue weighted by Gasteiger charge is 2.12. The topological polar surface area (TPSA) is 58.2 Å². The van der Waals surface area contributed by atoms with Crippen LogP contribution in [0.1, 0.15) is 34.5 Å². The lowest BCUT2D eigenvalue weighted by atomic mass is 10.1. The van der Waals surface area contributed by atoms with E-state index in [4.69, 9.17) is 11.6 Å². The van der Waals surface area contributed by atoms with Crippen molar-refractivity contribution in [3.63, 3.8) is 0 Å². The van der Waals surface area contributed by atoms with Gasteiger partial charge < -0.3 is 10.6 Å². The number of rotatable bonds is 6. The van der Waals surface area contributed by atoms with Crippen molar-refractivity contribution < 1.29 is 9.59 Å². The third-order valence-corrected chi connectivity index (χ3v) is 4.59. The molecule has 4 nitrogen and oxygen atoms in total. The van der Waals surface area contributed by atoms with Crippen LogP contribution < -0.4 is 10.6 Å². The lowest BCUT2D eigenvalue weighted by Gasteiger charge is -2.16. The van der Waals surface area contributed by atoms with Gasteiger partial charge in [0, 0.05) is 16.3 Å². The Morgan fingerprint density at radius 3 is 2.36 bits per heavy atom. The maximum absolute atomic E-state index is 12.3. The summed E-state index contributed by atoms with van der Waals surface area (Å²) in [6.45, 7) is 1.91. The Kier molecular flexibility index (Phi) is 6.45. The van der Waals surface area contributed by atoms with Crippen LogP contribution in [0.4, 0.5) is 5.69 Å². The van der Waals surface area contributed by atoms with E-state index >= 15 is 0 Å². The molecule has 0 saturated heterocycles. The van der Waals surface area contributed by atoms with Crippen LogP contribution in [0.15, 0.2) is 78.9 Å². The smallest absolute Gasteiger partial charge is 0.255 e. The quantitative estimate of drug-likeness (QED) is 0.619. The average molecular weight is 393 g/mol. The molecule has 0 radical (unpaired) electrons. The highest BCUT2D eigenvalue weighted by atomic mass is 35.5. The van der Waals surface area contributed by atoms with Crippen molar-refractivity contribution in [1.82, 2.24) is 5.32 Å². The van der Waals surface area contributed by atoms with Gasteiger partial charge in [0.15, 0.2) is 0 Å². The molecule has 0 aliphatic heterocycles. The Bertz CT molecular complexity index is 956. The van der Waals surface area contributed by atoms with Gasteiger partial charge in [0.2, 0.25) is 5.91 Å².